The molecule has 1 aromatic heterocycles. The molecule has 1 atom stereocenters. The predicted octanol–water partition coefficient (Wildman–Crippen LogP) is 3.63. The second-order valence-corrected chi connectivity index (χ2v) is 9.66. The fourth-order valence-corrected chi connectivity index (χ4v) is 3.91. The normalized spacial score (nSPS) is 15.3. The van der Waals surface area contributed by atoms with E-state index < -0.39 is 35.3 Å². The molecule has 12 heteroatoms. The van der Waals surface area contributed by atoms with E-state index in [1.807, 2.05) is 0 Å². The summed E-state index contributed by atoms with van der Waals surface area (Å²) in [5, 5.41) is 16.2. The number of hydrogen-bond donors (Lipinski definition) is 2. The SMILES string of the molecule is CN1C(=O)[C@@H](NC(=O)n2cc(Cc3cccc(C(F)(F)F)c3)cn2)COc2ccc(OCC#CC(C)(C)O)cc21. The Morgan fingerprint density at radius 3 is 2.73 bits per heavy atom. The Hall–Kier alpha value is -4.50. The molecule has 2 amide bonds. The minimum atomic E-state index is -4.46. The Kier molecular flexibility index (Phi) is 8.06. The number of likely N-dealkylation sites (N-methyl/N-ethyl adjacent to an activating group) is 1. The number of anilines is 1. The van der Waals surface area contributed by atoms with Crippen LogP contribution in [0, 0.1) is 11.8 Å². The van der Waals surface area contributed by atoms with Crippen LogP contribution in [0.2, 0.25) is 0 Å². The van der Waals surface area contributed by atoms with E-state index in [9.17, 15) is 27.9 Å². The number of carbonyl (C=O) groups excluding carboxylic acids is 2. The van der Waals surface area contributed by atoms with Gasteiger partial charge in [-0.05, 0) is 43.2 Å². The van der Waals surface area contributed by atoms with Gasteiger partial charge >= 0.3 is 12.2 Å². The number of aromatic nitrogens is 2. The maximum atomic E-state index is 13.1. The highest BCUT2D eigenvalue weighted by Gasteiger charge is 2.32. The van der Waals surface area contributed by atoms with Gasteiger partial charge in [-0.3, -0.25) is 4.79 Å². The summed E-state index contributed by atoms with van der Waals surface area (Å²) >= 11 is 0. The zero-order valence-corrected chi connectivity index (χ0v) is 22.0. The number of hydrogen-bond acceptors (Lipinski definition) is 6. The van der Waals surface area contributed by atoms with Gasteiger partial charge < -0.3 is 24.8 Å². The Balaban J connectivity index is 1.40. The standard InChI is InChI=1S/C28H27F3N4O5/c1-27(2,38)10-5-11-39-21-8-9-24-23(14-21)34(3)25(36)22(17-40-24)33-26(37)35-16-19(15-32-35)12-18-6-4-7-20(13-18)28(29,30)31/h4,6-9,13-16,22,38H,11-12,17H2,1-3H3,(H,33,37)/t22-/m0/s1. The van der Waals surface area contributed by atoms with E-state index >= 15 is 0 Å². The van der Waals surface area contributed by atoms with Gasteiger partial charge in [0.15, 0.2) is 0 Å². The van der Waals surface area contributed by atoms with Crippen LogP contribution >= 0.6 is 0 Å². The number of benzene rings is 2. The summed E-state index contributed by atoms with van der Waals surface area (Å²) in [6.45, 7) is 3.00. The van der Waals surface area contributed by atoms with E-state index in [-0.39, 0.29) is 19.6 Å². The molecular formula is C28H27F3N4O5. The van der Waals surface area contributed by atoms with Crippen LogP contribution < -0.4 is 19.7 Å². The van der Waals surface area contributed by atoms with Crippen molar-refractivity contribution >= 4 is 17.6 Å². The molecule has 4 rings (SSSR count). The van der Waals surface area contributed by atoms with Crippen LogP contribution in [0.5, 0.6) is 11.5 Å². The smallest absolute Gasteiger partial charge is 0.416 e. The van der Waals surface area contributed by atoms with Crippen molar-refractivity contribution in [1.82, 2.24) is 15.1 Å². The third kappa shape index (κ3) is 7.12. The van der Waals surface area contributed by atoms with Crippen molar-refractivity contribution in [3.63, 3.8) is 0 Å². The highest BCUT2D eigenvalue weighted by molar-refractivity contribution is 6.00. The number of carbonyl (C=O) groups is 2. The molecule has 210 valence electrons. The number of rotatable bonds is 5. The highest BCUT2D eigenvalue weighted by atomic mass is 19.4. The van der Waals surface area contributed by atoms with E-state index in [0.717, 1.165) is 16.8 Å². The Bertz CT molecular complexity index is 1470. The minimum absolute atomic E-state index is 0.0274. The van der Waals surface area contributed by atoms with Gasteiger partial charge in [-0.1, -0.05) is 30.0 Å². The number of aliphatic hydroxyl groups is 1. The molecule has 0 unspecified atom stereocenters. The lowest BCUT2D eigenvalue weighted by atomic mass is 10.1. The number of fused-ring (bicyclic) bond motifs is 1. The van der Waals surface area contributed by atoms with Crippen molar-refractivity contribution in [1.29, 1.82) is 0 Å². The van der Waals surface area contributed by atoms with Crippen molar-refractivity contribution in [2.75, 3.05) is 25.2 Å². The summed E-state index contributed by atoms with van der Waals surface area (Å²) in [6.07, 6.45) is -1.56. The summed E-state index contributed by atoms with van der Waals surface area (Å²) < 4.78 is 51.4. The monoisotopic (exact) mass is 556 g/mol. The van der Waals surface area contributed by atoms with Crippen molar-refractivity contribution in [3.8, 4) is 23.3 Å². The van der Waals surface area contributed by atoms with Crippen LogP contribution in [-0.4, -0.2) is 58.7 Å². The van der Waals surface area contributed by atoms with E-state index in [1.165, 1.54) is 30.4 Å². The molecule has 0 bridgehead atoms. The van der Waals surface area contributed by atoms with Crippen LogP contribution in [0.4, 0.5) is 23.7 Å². The maximum absolute atomic E-state index is 13.1. The first-order valence-corrected chi connectivity index (χ1v) is 12.2. The molecule has 2 N–H and O–H groups in total. The van der Waals surface area contributed by atoms with Gasteiger partial charge in [0.25, 0.3) is 5.91 Å². The predicted molar refractivity (Wildman–Crippen MR) is 139 cm³/mol. The molecule has 0 radical (unpaired) electrons. The fourth-order valence-electron chi connectivity index (χ4n) is 3.91. The van der Waals surface area contributed by atoms with E-state index in [2.05, 4.69) is 22.3 Å². The molecular weight excluding hydrogens is 529 g/mol. The van der Waals surface area contributed by atoms with E-state index in [4.69, 9.17) is 9.47 Å². The fraction of sp³-hybridized carbons (Fsp3) is 0.321. The van der Waals surface area contributed by atoms with Crippen molar-refractivity contribution in [2.24, 2.45) is 0 Å². The summed E-state index contributed by atoms with van der Waals surface area (Å²) in [6, 6.07) is 8.07. The largest absolute Gasteiger partial charge is 0.489 e. The summed E-state index contributed by atoms with van der Waals surface area (Å²) in [5.74, 6) is 5.76. The number of nitrogens with zero attached hydrogens (tertiary/aromatic N) is 3. The lowest BCUT2D eigenvalue weighted by Gasteiger charge is -2.20. The third-order valence-corrected chi connectivity index (χ3v) is 5.84. The molecule has 0 aliphatic carbocycles. The number of nitrogens with one attached hydrogen (secondary N) is 1. The lowest BCUT2D eigenvalue weighted by Crippen LogP contribution is -2.50. The number of amides is 2. The molecule has 0 saturated heterocycles. The minimum Gasteiger partial charge on any atom is -0.489 e. The first-order chi connectivity index (χ1) is 18.8. The second-order valence-electron chi connectivity index (χ2n) is 9.66. The number of ether oxygens (including phenoxy) is 2. The van der Waals surface area contributed by atoms with Gasteiger partial charge in [0.1, 0.15) is 36.4 Å². The Morgan fingerprint density at radius 1 is 1.23 bits per heavy atom. The average molecular weight is 557 g/mol. The first kappa shape index (κ1) is 28.5. The molecule has 1 aliphatic heterocycles. The maximum Gasteiger partial charge on any atom is 0.416 e. The third-order valence-electron chi connectivity index (χ3n) is 5.84. The van der Waals surface area contributed by atoms with Gasteiger partial charge in [0.2, 0.25) is 0 Å². The highest BCUT2D eigenvalue weighted by Crippen LogP contribution is 2.34. The molecule has 0 saturated carbocycles. The zero-order valence-electron chi connectivity index (χ0n) is 22.0. The van der Waals surface area contributed by atoms with E-state index in [0.29, 0.717) is 28.3 Å². The second kappa shape index (κ2) is 11.3. The van der Waals surface area contributed by atoms with Crippen LogP contribution in [0.15, 0.2) is 54.9 Å². The van der Waals surface area contributed by atoms with Gasteiger partial charge in [-0.2, -0.15) is 23.0 Å². The molecule has 9 nitrogen and oxygen atoms in total. The topological polar surface area (TPSA) is 106 Å². The summed E-state index contributed by atoms with van der Waals surface area (Å²) in [4.78, 5) is 27.3. The Morgan fingerprint density at radius 2 is 2.00 bits per heavy atom. The van der Waals surface area contributed by atoms with E-state index in [1.54, 1.807) is 38.1 Å². The van der Waals surface area contributed by atoms with Gasteiger partial charge in [-0.15, -0.1) is 0 Å². The van der Waals surface area contributed by atoms with Crippen LogP contribution in [-0.2, 0) is 17.4 Å². The molecule has 2 aromatic carbocycles. The van der Waals surface area contributed by atoms with Crippen molar-refractivity contribution < 1.29 is 37.3 Å². The molecule has 2 heterocycles. The number of halogens is 3. The van der Waals surface area contributed by atoms with Gasteiger partial charge in [0, 0.05) is 25.7 Å². The Labute approximate surface area is 228 Å². The first-order valence-electron chi connectivity index (χ1n) is 12.2. The van der Waals surface area contributed by atoms with Crippen molar-refractivity contribution in [2.45, 2.75) is 38.1 Å². The molecule has 0 fully saturated rings. The summed E-state index contributed by atoms with van der Waals surface area (Å²) in [7, 11) is 1.54. The molecule has 3 aromatic rings. The molecule has 40 heavy (non-hydrogen) atoms. The summed E-state index contributed by atoms with van der Waals surface area (Å²) in [5.41, 5.74) is -0.545. The van der Waals surface area contributed by atoms with Crippen LogP contribution in [0.1, 0.15) is 30.5 Å². The average Bonchev–Trinajstić information content (AvgIpc) is 3.32. The molecule has 0 spiro atoms. The van der Waals surface area contributed by atoms with Crippen LogP contribution in [0.3, 0.4) is 0 Å². The zero-order chi connectivity index (χ0) is 29.1. The quantitative estimate of drug-likeness (QED) is 0.465. The lowest BCUT2D eigenvalue weighted by molar-refractivity contribution is -0.137. The van der Waals surface area contributed by atoms with Crippen LogP contribution in [0.25, 0.3) is 0 Å². The van der Waals surface area contributed by atoms with Gasteiger partial charge in [0.05, 0.1) is 17.4 Å². The van der Waals surface area contributed by atoms with Crippen molar-refractivity contribution in [3.05, 3.63) is 71.5 Å². The van der Waals surface area contributed by atoms with Gasteiger partial charge in [-0.25, -0.2) is 4.79 Å². The number of alkyl halides is 3. The molecule has 1 aliphatic rings.